The SMILES string of the molecule is CNC(c1ccc(C)cc1OC)c1cccc(OC)c1F. The van der Waals surface area contributed by atoms with Gasteiger partial charge in [-0.3, -0.25) is 0 Å². The van der Waals surface area contributed by atoms with Gasteiger partial charge in [0.25, 0.3) is 0 Å². The van der Waals surface area contributed by atoms with E-state index in [1.165, 1.54) is 7.11 Å². The Morgan fingerprint density at radius 1 is 1.00 bits per heavy atom. The molecule has 21 heavy (non-hydrogen) atoms. The third kappa shape index (κ3) is 3.00. The zero-order chi connectivity index (χ0) is 15.4. The molecule has 1 unspecified atom stereocenters. The lowest BCUT2D eigenvalue weighted by Gasteiger charge is -2.21. The summed E-state index contributed by atoms with van der Waals surface area (Å²) >= 11 is 0. The Kier molecular flexibility index (Phi) is 4.81. The first-order valence-electron chi connectivity index (χ1n) is 6.76. The highest BCUT2D eigenvalue weighted by Gasteiger charge is 2.21. The summed E-state index contributed by atoms with van der Waals surface area (Å²) in [5, 5.41) is 3.15. The van der Waals surface area contributed by atoms with Crippen LogP contribution in [0.15, 0.2) is 36.4 Å². The van der Waals surface area contributed by atoms with Crippen molar-refractivity contribution in [1.82, 2.24) is 5.32 Å². The molecule has 0 fully saturated rings. The van der Waals surface area contributed by atoms with Crippen LogP contribution in [-0.4, -0.2) is 21.3 Å². The predicted molar refractivity (Wildman–Crippen MR) is 81.6 cm³/mol. The molecule has 2 rings (SSSR count). The number of aryl methyl sites for hydroxylation is 1. The molecule has 4 heteroatoms. The van der Waals surface area contributed by atoms with Gasteiger partial charge in [0.05, 0.1) is 20.3 Å². The molecule has 3 nitrogen and oxygen atoms in total. The number of rotatable bonds is 5. The van der Waals surface area contributed by atoms with Gasteiger partial charge >= 0.3 is 0 Å². The van der Waals surface area contributed by atoms with Crippen LogP contribution in [0.25, 0.3) is 0 Å². The second-order valence-electron chi connectivity index (χ2n) is 4.83. The minimum absolute atomic E-state index is 0.235. The molecule has 2 aromatic carbocycles. The van der Waals surface area contributed by atoms with Gasteiger partial charge in [-0.15, -0.1) is 0 Å². The van der Waals surface area contributed by atoms with Crippen molar-refractivity contribution in [2.75, 3.05) is 21.3 Å². The van der Waals surface area contributed by atoms with Crippen molar-refractivity contribution in [2.45, 2.75) is 13.0 Å². The number of ether oxygens (including phenoxy) is 2. The monoisotopic (exact) mass is 289 g/mol. The summed E-state index contributed by atoms with van der Waals surface area (Å²) < 4.78 is 25.0. The second-order valence-corrected chi connectivity index (χ2v) is 4.83. The van der Waals surface area contributed by atoms with E-state index >= 15 is 0 Å². The summed E-state index contributed by atoms with van der Waals surface area (Å²) in [6.07, 6.45) is 0. The maximum atomic E-state index is 14.5. The Hall–Kier alpha value is -2.07. The van der Waals surface area contributed by atoms with E-state index in [2.05, 4.69) is 5.32 Å². The summed E-state index contributed by atoms with van der Waals surface area (Å²) in [7, 11) is 4.87. The molecule has 0 saturated heterocycles. The first-order valence-corrected chi connectivity index (χ1v) is 6.76. The summed E-state index contributed by atoms with van der Waals surface area (Å²) in [5.41, 5.74) is 2.51. The van der Waals surface area contributed by atoms with Crippen LogP contribution in [0, 0.1) is 12.7 Å². The van der Waals surface area contributed by atoms with E-state index < -0.39 is 0 Å². The van der Waals surface area contributed by atoms with E-state index in [-0.39, 0.29) is 17.6 Å². The van der Waals surface area contributed by atoms with Gasteiger partial charge in [-0.25, -0.2) is 4.39 Å². The quantitative estimate of drug-likeness (QED) is 0.914. The van der Waals surface area contributed by atoms with Crippen LogP contribution in [0.4, 0.5) is 4.39 Å². The minimum atomic E-state index is -0.359. The van der Waals surface area contributed by atoms with E-state index in [0.29, 0.717) is 5.56 Å². The van der Waals surface area contributed by atoms with Crippen LogP contribution in [0.1, 0.15) is 22.7 Å². The Labute approximate surface area is 124 Å². The van der Waals surface area contributed by atoms with Gasteiger partial charge in [-0.05, 0) is 31.7 Å². The molecule has 1 atom stereocenters. The van der Waals surface area contributed by atoms with Crippen LogP contribution < -0.4 is 14.8 Å². The fourth-order valence-electron chi connectivity index (χ4n) is 2.44. The van der Waals surface area contributed by atoms with Crippen LogP contribution in [-0.2, 0) is 0 Å². The third-order valence-electron chi connectivity index (χ3n) is 3.51. The highest BCUT2D eigenvalue weighted by atomic mass is 19.1. The number of benzene rings is 2. The number of hydrogen-bond donors (Lipinski definition) is 1. The molecular formula is C17H20FNO2. The average Bonchev–Trinajstić information content (AvgIpc) is 2.50. The molecule has 0 spiro atoms. The van der Waals surface area contributed by atoms with Gasteiger partial charge in [-0.1, -0.05) is 24.3 Å². The lowest BCUT2D eigenvalue weighted by atomic mass is 9.96. The van der Waals surface area contributed by atoms with Crippen LogP contribution in [0.3, 0.4) is 0 Å². The van der Waals surface area contributed by atoms with E-state index in [4.69, 9.17) is 9.47 Å². The van der Waals surface area contributed by atoms with Crippen LogP contribution in [0.2, 0.25) is 0 Å². The highest BCUT2D eigenvalue weighted by Crippen LogP contribution is 2.34. The van der Waals surface area contributed by atoms with Gasteiger partial charge in [0.2, 0.25) is 0 Å². The number of halogens is 1. The first-order chi connectivity index (χ1) is 10.1. The molecule has 0 heterocycles. The Balaban J connectivity index is 2.55. The zero-order valence-electron chi connectivity index (χ0n) is 12.7. The second kappa shape index (κ2) is 6.59. The molecule has 0 amide bonds. The molecule has 0 aliphatic rings. The normalized spacial score (nSPS) is 12.0. The average molecular weight is 289 g/mol. The molecular weight excluding hydrogens is 269 g/mol. The molecule has 112 valence electrons. The molecule has 0 aliphatic heterocycles. The Morgan fingerprint density at radius 2 is 1.71 bits per heavy atom. The van der Waals surface area contributed by atoms with Gasteiger partial charge in [-0.2, -0.15) is 0 Å². The van der Waals surface area contributed by atoms with Crippen molar-refractivity contribution in [3.63, 3.8) is 0 Å². The fourth-order valence-corrected chi connectivity index (χ4v) is 2.44. The maximum Gasteiger partial charge on any atom is 0.170 e. The van der Waals surface area contributed by atoms with Gasteiger partial charge in [0.1, 0.15) is 5.75 Å². The summed E-state index contributed by atoms with van der Waals surface area (Å²) in [6, 6.07) is 10.7. The van der Waals surface area contributed by atoms with Crippen molar-refractivity contribution in [3.05, 3.63) is 58.9 Å². The van der Waals surface area contributed by atoms with E-state index in [1.54, 1.807) is 32.4 Å². The molecule has 0 aliphatic carbocycles. The standard InChI is InChI=1S/C17H20FNO2/c1-11-8-9-12(15(10-11)21-4)17(19-2)13-6-5-7-14(20-3)16(13)18/h5-10,17,19H,1-4H3. The third-order valence-corrected chi connectivity index (χ3v) is 3.51. The topological polar surface area (TPSA) is 30.5 Å². The summed E-state index contributed by atoms with van der Waals surface area (Å²) in [6.45, 7) is 1.99. The molecule has 2 aromatic rings. The number of hydrogen-bond acceptors (Lipinski definition) is 3. The van der Waals surface area contributed by atoms with Crippen molar-refractivity contribution in [3.8, 4) is 11.5 Å². The maximum absolute atomic E-state index is 14.5. The summed E-state index contributed by atoms with van der Waals surface area (Å²) in [5.74, 6) is 0.609. The van der Waals surface area contributed by atoms with Crippen molar-refractivity contribution < 1.29 is 13.9 Å². The number of nitrogens with one attached hydrogen (secondary N) is 1. The molecule has 0 radical (unpaired) electrons. The first kappa shape index (κ1) is 15.3. The zero-order valence-corrected chi connectivity index (χ0v) is 12.7. The van der Waals surface area contributed by atoms with E-state index in [9.17, 15) is 4.39 Å². The molecule has 0 bridgehead atoms. The molecule has 0 saturated carbocycles. The summed E-state index contributed by atoms with van der Waals surface area (Å²) in [4.78, 5) is 0. The van der Waals surface area contributed by atoms with Gasteiger partial charge in [0, 0.05) is 11.1 Å². The minimum Gasteiger partial charge on any atom is -0.496 e. The Morgan fingerprint density at radius 3 is 2.33 bits per heavy atom. The predicted octanol–water partition coefficient (Wildman–Crippen LogP) is 3.46. The van der Waals surface area contributed by atoms with Crippen molar-refractivity contribution in [1.29, 1.82) is 0 Å². The molecule has 0 aromatic heterocycles. The van der Waals surface area contributed by atoms with Crippen molar-refractivity contribution in [2.24, 2.45) is 0 Å². The van der Waals surface area contributed by atoms with Gasteiger partial charge < -0.3 is 14.8 Å². The van der Waals surface area contributed by atoms with E-state index in [1.807, 2.05) is 25.1 Å². The van der Waals surface area contributed by atoms with Crippen molar-refractivity contribution >= 4 is 0 Å². The van der Waals surface area contributed by atoms with E-state index in [0.717, 1.165) is 16.9 Å². The number of methoxy groups -OCH3 is 2. The van der Waals surface area contributed by atoms with Crippen LogP contribution in [0.5, 0.6) is 11.5 Å². The van der Waals surface area contributed by atoms with Crippen LogP contribution >= 0.6 is 0 Å². The lowest BCUT2D eigenvalue weighted by Crippen LogP contribution is -2.20. The highest BCUT2D eigenvalue weighted by molar-refractivity contribution is 5.45. The fraction of sp³-hybridized carbons (Fsp3) is 0.294. The van der Waals surface area contributed by atoms with Gasteiger partial charge in [0.15, 0.2) is 11.6 Å². The molecule has 1 N–H and O–H groups in total. The smallest absolute Gasteiger partial charge is 0.170 e. The largest absolute Gasteiger partial charge is 0.496 e. The lowest BCUT2D eigenvalue weighted by molar-refractivity contribution is 0.380. The Bertz CT molecular complexity index is 628.